The molecule has 2 heterocycles. The quantitative estimate of drug-likeness (QED) is 0.581. The Kier molecular flexibility index (Phi) is 7.34. The summed E-state index contributed by atoms with van der Waals surface area (Å²) in [4.78, 5) is 52.8. The molecule has 0 saturated heterocycles. The minimum absolute atomic E-state index is 0.0223. The van der Waals surface area contributed by atoms with Gasteiger partial charge in [-0.1, -0.05) is 6.92 Å². The fourth-order valence-electron chi connectivity index (χ4n) is 2.81. The zero-order chi connectivity index (χ0) is 21.6. The molecule has 0 fully saturated rings. The lowest BCUT2D eigenvalue weighted by molar-refractivity contribution is -0.142. The van der Waals surface area contributed by atoms with Crippen molar-refractivity contribution in [2.45, 2.75) is 45.2 Å². The molecule has 0 radical (unpaired) electrons. The lowest BCUT2D eigenvalue weighted by Gasteiger charge is -2.23. The fraction of sp³-hybridized carbons (Fsp3) is 0.444. The molecule has 0 aliphatic heterocycles. The predicted octanol–water partition coefficient (Wildman–Crippen LogP) is 0.580. The number of Topliss-reactive ketones (excluding diaryl/α,β-unsaturated/α-hetero) is 1. The van der Waals surface area contributed by atoms with Crippen molar-refractivity contribution in [1.82, 2.24) is 20.1 Å². The first-order valence-corrected chi connectivity index (χ1v) is 8.86. The molecule has 0 aromatic carbocycles. The van der Waals surface area contributed by atoms with Gasteiger partial charge in [0.1, 0.15) is 30.6 Å². The lowest BCUT2D eigenvalue weighted by Crippen LogP contribution is -2.49. The number of carboxylic acids is 1. The third kappa shape index (κ3) is 5.33. The monoisotopic (exact) mass is 408 g/mol. The zero-order valence-corrected chi connectivity index (χ0v) is 15.9. The summed E-state index contributed by atoms with van der Waals surface area (Å²) < 4.78 is 19.1. The van der Waals surface area contributed by atoms with Crippen LogP contribution in [0.25, 0.3) is 0 Å². The Balaban J connectivity index is 2.45. The summed E-state index contributed by atoms with van der Waals surface area (Å²) in [6.07, 6.45) is 2.98. The maximum absolute atomic E-state index is 13.1. The van der Waals surface area contributed by atoms with E-state index in [1.807, 2.05) is 0 Å². The number of carbonyl (C=O) groups excluding carboxylic acids is 2. The summed E-state index contributed by atoms with van der Waals surface area (Å²) >= 11 is 0. The van der Waals surface area contributed by atoms with Crippen molar-refractivity contribution in [3.63, 3.8) is 0 Å². The smallest absolute Gasteiger partial charge is 0.313 e. The van der Waals surface area contributed by atoms with Gasteiger partial charge in [-0.3, -0.25) is 19.2 Å². The first kappa shape index (κ1) is 21.9. The molecule has 2 aromatic rings. The van der Waals surface area contributed by atoms with Gasteiger partial charge in [-0.25, -0.2) is 14.1 Å². The van der Waals surface area contributed by atoms with Crippen LogP contribution in [0, 0.1) is 6.92 Å². The number of alkyl halides is 1. The summed E-state index contributed by atoms with van der Waals surface area (Å²) in [6, 6.07) is -0.592. The summed E-state index contributed by atoms with van der Waals surface area (Å²) in [5, 5.41) is 15.8. The average molecular weight is 408 g/mol. The Morgan fingerprint density at radius 1 is 1.38 bits per heavy atom. The molecule has 0 aliphatic rings. The largest absolute Gasteiger partial charge is 0.481 e. The van der Waals surface area contributed by atoms with E-state index in [9.17, 15) is 28.7 Å². The van der Waals surface area contributed by atoms with Gasteiger partial charge in [0.15, 0.2) is 11.7 Å². The van der Waals surface area contributed by atoms with Crippen LogP contribution in [0.1, 0.15) is 42.8 Å². The van der Waals surface area contributed by atoms with Gasteiger partial charge < -0.3 is 14.8 Å². The number of aryl methyl sites for hydroxylation is 1. The Hall–Kier alpha value is -3.37. The van der Waals surface area contributed by atoms with Gasteiger partial charge in [-0.15, -0.1) is 0 Å². The van der Waals surface area contributed by atoms with E-state index in [1.54, 1.807) is 13.8 Å². The van der Waals surface area contributed by atoms with Crippen LogP contribution in [0.2, 0.25) is 0 Å². The van der Waals surface area contributed by atoms with E-state index in [0.29, 0.717) is 18.0 Å². The van der Waals surface area contributed by atoms with E-state index in [4.69, 9.17) is 4.42 Å². The first-order chi connectivity index (χ1) is 13.8. The van der Waals surface area contributed by atoms with Gasteiger partial charge in [0.25, 0.3) is 5.56 Å². The summed E-state index contributed by atoms with van der Waals surface area (Å²) in [6.45, 7) is 1.74. The molecule has 0 bridgehead atoms. The molecule has 156 valence electrons. The number of nitrogens with one attached hydrogen (secondary N) is 1. The standard InChI is InChI=1S/C18H21FN4O6/c1-3-4-14(25)22-16(13(24)7-19)15(18(27)28)12-5-6-20-23(17(12)26)8-11-9-29-10(2)21-11/h5-6,9,15-16H,3-4,7-8H2,1-2H3,(H,22,25)(H,27,28). The number of rotatable bonds is 10. The zero-order valence-electron chi connectivity index (χ0n) is 15.9. The molecular formula is C18H21FN4O6. The third-order valence-corrected chi connectivity index (χ3v) is 4.13. The molecule has 11 heteroatoms. The number of carboxylic acid groups (broad SMARTS) is 1. The number of ketones is 1. The maximum atomic E-state index is 13.1. The highest BCUT2D eigenvalue weighted by atomic mass is 19.1. The molecule has 2 rings (SSSR count). The van der Waals surface area contributed by atoms with Gasteiger partial charge in [0.2, 0.25) is 5.91 Å². The molecule has 0 saturated carbocycles. The van der Waals surface area contributed by atoms with Gasteiger partial charge in [-0.05, 0) is 12.5 Å². The second-order valence-electron chi connectivity index (χ2n) is 6.32. The van der Waals surface area contributed by atoms with Gasteiger partial charge in [-0.2, -0.15) is 5.10 Å². The van der Waals surface area contributed by atoms with Crippen molar-refractivity contribution in [2.24, 2.45) is 0 Å². The van der Waals surface area contributed by atoms with E-state index < -0.39 is 41.9 Å². The van der Waals surface area contributed by atoms with E-state index in [-0.39, 0.29) is 18.5 Å². The lowest BCUT2D eigenvalue weighted by atomic mass is 9.89. The van der Waals surface area contributed by atoms with E-state index >= 15 is 0 Å². The molecule has 29 heavy (non-hydrogen) atoms. The molecule has 2 atom stereocenters. The van der Waals surface area contributed by atoms with Crippen LogP contribution in [-0.4, -0.2) is 50.2 Å². The number of oxazole rings is 1. The molecular weight excluding hydrogens is 387 g/mol. The van der Waals surface area contributed by atoms with Crippen LogP contribution in [-0.2, 0) is 20.9 Å². The number of carbonyl (C=O) groups is 3. The van der Waals surface area contributed by atoms with Crippen LogP contribution in [0.3, 0.4) is 0 Å². The minimum atomic E-state index is -1.78. The Morgan fingerprint density at radius 2 is 2.10 bits per heavy atom. The number of hydrogen-bond acceptors (Lipinski definition) is 7. The molecule has 10 nitrogen and oxygen atoms in total. The molecule has 0 spiro atoms. The van der Waals surface area contributed by atoms with Crippen molar-refractivity contribution >= 4 is 17.7 Å². The van der Waals surface area contributed by atoms with Crippen molar-refractivity contribution < 1.29 is 28.3 Å². The highest BCUT2D eigenvalue weighted by molar-refractivity contribution is 5.95. The number of nitrogens with zero attached hydrogens (tertiary/aromatic N) is 3. The second-order valence-corrected chi connectivity index (χ2v) is 6.32. The Labute approximate surface area is 164 Å². The molecule has 1 amide bonds. The average Bonchev–Trinajstić information content (AvgIpc) is 3.08. The van der Waals surface area contributed by atoms with E-state index in [2.05, 4.69) is 15.4 Å². The molecule has 2 aromatic heterocycles. The van der Waals surface area contributed by atoms with Gasteiger partial charge in [0, 0.05) is 25.1 Å². The maximum Gasteiger partial charge on any atom is 0.313 e. The van der Waals surface area contributed by atoms with Gasteiger partial charge in [0.05, 0.1) is 6.54 Å². The van der Waals surface area contributed by atoms with Crippen LogP contribution in [0.15, 0.2) is 27.7 Å². The van der Waals surface area contributed by atoms with Crippen molar-refractivity contribution in [3.05, 3.63) is 46.0 Å². The van der Waals surface area contributed by atoms with Crippen LogP contribution in [0.4, 0.5) is 4.39 Å². The fourth-order valence-corrected chi connectivity index (χ4v) is 2.81. The number of amides is 1. The Morgan fingerprint density at radius 3 is 2.66 bits per heavy atom. The molecule has 0 aliphatic carbocycles. The summed E-state index contributed by atoms with van der Waals surface area (Å²) in [5.74, 6) is -4.71. The topological polar surface area (TPSA) is 144 Å². The normalized spacial score (nSPS) is 12.9. The first-order valence-electron chi connectivity index (χ1n) is 8.86. The SMILES string of the molecule is CCCC(=O)NC(C(=O)CF)C(C(=O)O)c1ccnn(Cc2coc(C)n2)c1=O. The summed E-state index contributed by atoms with van der Waals surface area (Å²) in [5.41, 5.74) is -0.730. The van der Waals surface area contributed by atoms with E-state index in [0.717, 1.165) is 10.7 Å². The number of hydrogen-bond donors (Lipinski definition) is 2. The van der Waals surface area contributed by atoms with Crippen molar-refractivity contribution in [2.75, 3.05) is 6.67 Å². The van der Waals surface area contributed by atoms with E-state index in [1.165, 1.54) is 12.5 Å². The van der Waals surface area contributed by atoms with Gasteiger partial charge >= 0.3 is 5.97 Å². The predicted molar refractivity (Wildman–Crippen MR) is 97.0 cm³/mol. The highest BCUT2D eigenvalue weighted by Crippen LogP contribution is 2.19. The van der Waals surface area contributed by atoms with Crippen molar-refractivity contribution in [3.8, 4) is 0 Å². The Bertz CT molecular complexity index is 954. The minimum Gasteiger partial charge on any atom is -0.481 e. The van der Waals surface area contributed by atoms with Crippen molar-refractivity contribution in [1.29, 1.82) is 0 Å². The number of halogens is 1. The highest BCUT2D eigenvalue weighted by Gasteiger charge is 2.38. The third-order valence-electron chi connectivity index (χ3n) is 4.13. The molecule has 2 unspecified atom stereocenters. The van der Waals surface area contributed by atoms with Crippen LogP contribution >= 0.6 is 0 Å². The number of aromatic nitrogens is 3. The summed E-state index contributed by atoms with van der Waals surface area (Å²) in [7, 11) is 0. The second kappa shape index (κ2) is 9.71. The van der Waals surface area contributed by atoms with Crippen LogP contribution < -0.4 is 10.9 Å². The number of aliphatic carboxylic acids is 1. The van der Waals surface area contributed by atoms with Crippen LogP contribution in [0.5, 0.6) is 0 Å². The molecule has 2 N–H and O–H groups in total.